The zero-order chi connectivity index (χ0) is 24.9. The lowest BCUT2D eigenvalue weighted by Gasteiger charge is -2.25. The molecule has 1 unspecified atom stereocenters. The summed E-state index contributed by atoms with van der Waals surface area (Å²) in [5.41, 5.74) is 3.91. The van der Waals surface area contributed by atoms with Gasteiger partial charge >= 0.3 is 0 Å². The van der Waals surface area contributed by atoms with Crippen LogP contribution in [0.4, 0.5) is 5.69 Å². The average molecular weight is 471 g/mol. The molecule has 0 radical (unpaired) electrons. The van der Waals surface area contributed by atoms with Gasteiger partial charge in [0, 0.05) is 36.5 Å². The summed E-state index contributed by atoms with van der Waals surface area (Å²) in [5.74, 6) is 0.695. The van der Waals surface area contributed by atoms with Crippen LogP contribution in [-0.4, -0.2) is 39.7 Å². The van der Waals surface area contributed by atoms with E-state index >= 15 is 0 Å². The predicted molar refractivity (Wildman–Crippen MR) is 134 cm³/mol. The zero-order valence-electron chi connectivity index (χ0n) is 19.8. The highest BCUT2D eigenvalue weighted by Gasteiger charge is 2.22. The molecule has 0 saturated carbocycles. The third-order valence-electron chi connectivity index (χ3n) is 6.08. The highest BCUT2D eigenvalue weighted by molar-refractivity contribution is 5.81. The van der Waals surface area contributed by atoms with E-state index in [0.29, 0.717) is 11.3 Å². The van der Waals surface area contributed by atoms with Gasteiger partial charge in [-0.05, 0) is 48.9 Å². The second-order valence-electron chi connectivity index (χ2n) is 8.22. The lowest BCUT2D eigenvalue weighted by atomic mass is 10.0. The van der Waals surface area contributed by atoms with Crippen molar-refractivity contribution in [2.24, 2.45) is 0 Å². The van der Waals surface area contributed by atoms with Crippen LogP contribution in [-0.2, 0) is 11.2 Å². The van der Waals surface area contributed by atoms with Crippen LogP contribution in [0.2, 0.25) is 0 Å². The summed E-state index contributed by atoms with van der Waals surface area (Å²) in [4.78, 5) is 25.6. The number of aromatic nitrogens is 2. The first-order valence-corrected chi connectivity index (χ1v) is 11.2. The Morgan fingerprint density at radius 3 is 2.31 bits per heavy atom. The molecule has 0 fully saturated rings. The van der Waals surface area contributed by atoms with Crippen molar-refractivity contribution >= 4 is 11.6 Å². The van der Waals surface area contributed by atoms with Gasteiger partial charge in [0.15, 0.2) is 0 Å². The Morgan fingerprint density at radius 1 is 1.06 bits per heavy atom. The molecule has 8 heteroatoms. The lowest BCUT2D eigenvalue weighted by molar-refractivity contribution is -0.384. The van der Waals surface area contributed by atoms with E-state index in [4.69, 9.17) is 9.84 Å². The molecule has 3 aromatic carbocycles. The molecular weight excluding hydrogens is 444 g/mol. The van der Waals surface area contributed by atoms with Gasteiger partial charge < -0.3 is 9.64 Å². The minimum Gasteiger partial charge on any atom is -0.497 e. The number of amides is 1. The highest BCUT2D eigenvalue weighted by Crippen LogP contribution is 2.28. The van der Waals surface area contributed by atoms with Crippen molar-refractivity contribution < 1.29 is 14.5 Å². The van der Waals surface area contributed by atoms with Crippen LogP contribution in [0.5, 0.6) is 5.75 Å². The van der Waals surface area contributed by atoms with E-state index in [9.17, 15) is 14.9 Å². The number of carbonyl (C=O) groups is 1. The van der Waals surface area contributed by atoms with Crippen molar-refractivity contribution in [3.8, 4) is 22.7 Å². The van der Waals surface area contributed by atoms with Crippen molar-refractivity contribution in [2.45, 2.75) is 19.4 Å². The second kappa shape index (κ2) is 10.2. The van der Waals surface area contributed by atoms with E-state index in [1.54, 1.807) is 35.9 Å². The molecule has 0 spiro atoms. The standard InChI is InChI=1S/C27H26N4O4/c1-19(20-11-15-25(35-3)16-12-20)29(2)26(32)17-22-18-30(23-7-5-4-6-8-23)28-27(22)21-9-13-24(14-10-21)31(33)34/h4-16,18-19H,17H2,1-3H3. The van der Waals surface area contributed by atoms with E-state index in [-0.39, 0.29) is 24.1 Å². The van der Waals surface area contributed by atoms with Crippen molar-refractivity contribution in [1.82, 2.24) is 14.7 Å². The largest absolute Gasteiger partial charge is 0.497 e. The average Bonchev–Trinajstić information content (AvgIpc) is 3.32. The fourth-order valence-electron chi connectivity index (χ4n) is 3.85. The molecule has 1 atom stereocenters. The first-order valence-electron chi connectivity index (χ1n) is 11.2. The maximum absolute atomic E-state index is 13.3. The van der Waals surface area contributed by atoms with Crippen LogP contribution in [0.15, 0.2) is 85.1 Å². The highest BCUT2D eigenvalue weighted by atomic mass is 16.6. The summed E-state index contributed by atoms with van der Waals surface area (Å²) in [5, 5.41) is 15.8. The van der Waals surface area contributed by atoms with Crippen molar-refractivity contribution in [1.29, 1.82) is 0 Å². The van der Waals surface area contributed by atoms with Gasteiger partial charge in [-0.2, -0.15) is 5.10 Å². The molecule has 0 N–H and O–H groups in total. The number of benzene rings is 3. The summed E-state index contributed by atoms with van der Waals surface area (Å²) in [7, 11) is 3.40. The van der Waals surface area contributed by atoms with Crippen molar-refractivity contribution in [2.75, 3.05) is 14.2 Å². The number of nitrogens with zero attached hydrogens (tertiary/aromatic N) is 4. The lowest BCUT2D eigenvalue weighted by Crippen LogP contribution is -2.31. The number of ether oxygens (including phenoxy) is 1. The summed E-state index contributed by atoms with van der Waals surface area (Å²) >= 11 is 0. The molecule has 1 heterocycles. The molecule has 1 amide bonds. The number of hydrogen-bond acceptors (Lipinski definition) is 5. The van der Waals surface area contributed by atoms with Gasteiger partial charge in [-0.3, -0.25) is 14.9 Å². The van der Waals surface area contributed by atoms with Crippen molar-refractivity contribution in [3.05, 3.63) is 106 Å². The summed E-state index contributed by atoms with van der Waals surface area (Å²) in [6, 6.07) is 23.3. The molecule has 0 aliphatic carbocycles. The molecule has 8 nitrogen and oxygen atoms in total. The minimum atomic E-state index is -0.438. The van der Waals surface area contributed by atoms with Crippen LogP contribution in [0, 0.1) is 10.1 Å². The fraction of sp³-hybridized carbons (Fsp3) is 0.185. The number of hydrogen-bond donors (Lipinski definition) is 0. The Hall–Kier alpha value is -4.46. The topological polar surface area (TPSA) is 90.5 Å². The number of carbonyl (C=O) groups excluding carboxylic acids is 1. The number of non-ortho nitro benzene ring substituents is 1. The van der Waals surface area contributed by atoms with Gasteiger partial charge in [-0.25, -0.2) is 4.68 Å². The van der Waals surface area contributed by atoms with E-state index in [0.717, 1.165) is 22.6 Å². The van der Waals surface area contributed by atoms with E-state index in [1.807, 2.05) is 67.7 Å². The van der Waals surface area contributed by atoms with Gasteiger partial charge in [0.25, 0.3) is 5.69 Å². The number of methoxy groups -OCH3 is 1. The van der Waals surface area contributed by atoms with Gasteiger partial charge in [-0.15, -0.1) is 0 Å². The first-order chi connectivity index (χ1) is 16.9. The number of rotatable bonds is 8. The Balaban J connectivity index is 1.63. The molecule has 0 aliphatic heterocycles. The molecule has 1 aromatic heterocycles. The normalized spacial score (nSPS) is 11.6. The fourth-order valence-corrected chi connectivity index (χ4v) is 3.85. The first kappa shape index (κ1) is 23.7. The van der Waals surface area contributed by atoms with Crippen molar-refractivity contribution in [3.63, 3.8) is 0 Å². The van der Waals surface area contributed by atoms with Gasteiger partial charge in [-0.1, -0.05) is 30.3 Å². The second-order valence-corrected chi connectivity index (χ2v) is 8.22. The predicted octanol–water partition coefficient (Wildman–Crippen LogP) is 5.22. The maximum Gasteiger partial charge on any atom is 0.269 e. The number of nitro groups is 1. The summed E-state index contributed by atoms with van der Waals surface area (Å²) in [6.07, 6.45) is 1.98. The summed E-state index contributed by atoms with van der Waals surface area (Å²) < 4.78 is 6.95. The van der Waals surface area contributed by atoms with Crippen LogP contribution >= 0.6 is 0 Å². The monoisotopic (exact) mass is 470 g/mol. The molecule has 0 aliphatic rings. The summed E-state index contributed by atoms with van der Waals surface area (Å²) in [6.45, 7) is 1.98. The van der Waals surface area contributed by atoms with Gasteiger partial charge in [0.05, 0.1) is 35.9 Å². The minimum absolute atomic E-state index is 0.00178. The Bertz CT molecular complexity index is 1320. The van der Waals surface area contributed by atoms with Crippen LogP contribution in [0.3, 0.4) is 0 Å². The van der Waals surface area contributed by atoms with E-state index in [1.165, 1.54) is 12.1 Å². The SMILES string of the molecule is COc1ccc(C(C)N(C)C(=O)Cc2cn(-c3ccccc3)nc2-c2ccc([N+](=O)[O-])cc2)cc1. The quantitative estimate of drug-likeness (QED) is 0.260. The number of nitro benzene ring substituents is 1. The third-order valence-corrected chi connectivity index (χ3v) is 6.08. The smallest absolute Gasteiger partial charge is 0.269 e. The van der Waals surface area contributed by atoms with E-state index < -0.39 is 4.92 Å². The van der Waals surface area contributed by atoms with Gasteiger partial charge in [0.1, 0.15) is 5.75 Å². The molecular formula is C27H26N4O4. The number of likely N-dealkylation sites (N-methyl/N-ethyl adjacent to an activating group) is 1. The molecule has 178 valence electrons. The molecule has 4 rings (SSSR count). The van der Waals surface area contributed by atoms with Crippen LogP contribution in [0.25, 0.3) is 16.9 Å². The number of para-hydroxylation sites is 1. The molecule has 35 heavy (non-hydrogen) atoms. The van der Waals surface area contributed by atoms with E-state index in [2.05, 4.69) is 0 Å². The van der Waals surface area contributed by atoms with Crippen LogP contribution in [0.1, 0.15) is 24.1 Å². The Kier molecular flexibility index (Phi) is 6.91. The maximum atomic E-state index is 13.3. The molecule has 4 aromatic rings. The van der Waals surface area contributed by atoms with Gasteiger partial charge in [0.2, 0.25) is 5.91 Å². The molecule has 0 bridgehead atoms. The third kappa shape index (κ3) is 5.22. The Morgan fingerprint density at radius 2 is 1.71 bits per heavy atom. The zero-order valence-corrected chi connectivity index (χ0v) is 19.8. The Labute approximate surface area is 203 Å². The van der Waals surface area contributed by atoms with Crippen LogP contribution < -0.4 is 4.74 Å². The molecule has 0 saturated heterocycles.